The van der Waals surface area contributed by atoms with Crippen LogP contribution in [0.15, 0.2) is 30.5 Å². The molecule has 0 aliphatic heterocycles. The average molecular weight is 292 g/mol. The predicted octanol–water partition coefficient (Wildman–Crippen LogP) is 3.06. The van der Waals surface area contributed by atoms with Gasteiger partial charge in [0.2, 0.25) is 0 Å². The summed E-state index contributed by atoms with van der Waals surface area (Å²) in [5.41, 5.74) is 8.32. The molecule has 3 N–H and O–H groups in total. The van der Waals surface area contributed by atoms with Gasteiger partial charge < -0.3 is 11.1 Å². The molecule has 96 valence electrons. The lowest BCUT2D eigenvalue weighted by molar-refractivity contribution is 0.247. The highest BCUT2D eigenvalue weighted by Gasteiger charge is 2.28. The zero-order valence-corrected chi connectivity index (χ0v) is 11.3. The van der Waals surface area contributed by atoms with Crippen molar-refractivity contribution in [2.75, 3.05) is 0 Å². The second kappa shape index (κ2) is 4.68. The van der Waals surface area contributed by atoms with Crippen LogP contribution in [0.25, 0.3) is 11.6 Å². The van der Waals surface area contributed by atoms with Gasteiger partial charge in [0.15, 0.2) is 4.47 Å². The van der Waals surface area contributed by atoms with Gasteiger partial charge in [0.25, 0.3) is 0 Å². The number of hydrogen-bond donors (Lipinski definition) is 2. The van der Waals surface area contributed by atoms with Crippen LogP contribution in [0.3, 0.4) is 0 Å². The van der Waals surface area contributed by atoms with Crippen molar-refractivity contribution in [3.63, 3.8) is 0 Å². The number of carbonyl (C=O) groups is 1. The van der Waals surface area contributed by atoms with E-state index >= 15 is 0 Å². The third-order valence-electron chi connectivity index (χ3n) is 2.98. The van der Waals surface area contributed by atoms with Gasteiger partial charge in [0.1, 0.15) is 0 Å². The minimum Gasteiger partial charge on any atom is -0.352 e. The van der Waals surface area contributed by atoms with Gasteiger partial charge in [-0.3, -0.25) is 0 Å². The van der Waals surface area contributed by atoms with Crippen molar-refractivity contribution in [2.24, 2.45) is 5.73 Å². The summed E-state index contributed by atoms with van der Waals surface area (Å²) in [7, 11) is 0. The van der Waals surface area contributed by atoms with Crippen LogP contribution in [0.5, 0.6) is 0 Å². The maximum absolute atomic E-state index is 11.2. The molecule has 0 radical (unpaired) electrons. The molecule has 0 spiro atoms. The van der Waals surface area contributed by atoms with E-state index in [0.717, 1.165) is 21.6 Å². The van der Waals surface area contributed by atoms with Gasteiger partial charge in [-0.2, -0.15) is 0 Å². The van der Waals surface area contributed by atoms with Crippen LogP contribution in [-0.2, 0) is 0 Å². The third-order valence-corrected chi connectivity index (χ3v) is 4.14. The number of hydrogen-bond acceptors (Lipinski definition) is 3. The van der Waals surface area contributed by atoms with Gasteiger partial charge in [0, 0.05) is 6.20 Å². The largest absolute Gasteiger partial charge is 0.352 e. The first-order chi connectivity index (χ1) is 9.15. The van der Waals surface area contributed by atoms with E-state index in [1.54, 1.807) is 6.20 Å². The van der Waals surface area contributed by atoms with Crippen molar-refractivity contribution in [1.29, 1.82) is 0 Å². The Bertz CT molecular complexity index is 680. The molecule has 1 heterocycles. The second-order valence-corrected chi connectivity index (χ2v) is 5.76. The Hall–Kier alpha value is -1.85. The van der Waals surface area contributed by atoms with Crippen molar-refractivity contribution in [3.8, 4) is 0 Å². The van der Waals surface area contributed by atoms with Gasteiger partial charge >= 0.3 is 6.03 Å². The van der Waals surface area contributed by atoms with Gasteiger partial charge in [-0.25, -0.2) is 9.78 Å². The zero-order valence-electron chi connectivity index (χ0n) is 9.76. The summed E-state index contributed by atoms with van der Waals surface area (Å²) in [6, 6.07) is 7.07. The molecule has 1 aromatic heterocycles. The van der Waals surface area contributed by atoms with E-state index < -0.39 is 6.03 Å². The van der Waals surface area contributed by atoms with E-state index in [1.807, 2.05) is 30.3 Å². The first kappa shape index (κ1) is 12.2. The van der Waals surface area contributed by atoms with Crippen LogP contribution >= 0.6 is 22.9 Å². The van der Waals surface area contributed by atoms with Crippen LogP contribution in [0.1, 0.15) is 22.0 Å². The lowest BCUT2D eigenvalue weighted by Crippen LogP contribution is -2.32. The fourth-order valence-corrected chi connectivity index (χ4v) is 3.21. The van der Waals surface area contributed by atoms with E-state index in [1.165, 1.54) is 11.3 Å². The number of amides is 2. The average Bonchev–Trinajstić information content (AvgIpc) is 2.94. The molecule has 3 rings (SSSR count). The topological polar surface area (TPSA) is 68.0 Å². The number of nitrogens with two attached hydrogens (primary N) is 1. The highest BCUT2D eigenvalue weighted by Crippen LogP contribution is 2.42. The van der Waals surface area contributed by atoms with Crippen LogP contribution < -0.4 is 11.1 Å². The van der Waals surface area contributed by atoms with Crippen molar-refractivity contribution in [1.82, 2.24) is 10.3 Å². The monoisotopic (exact) mass is 291 g/mol. The number of nitrogens with zero attached hydrogens (tertiary/aromatic N) is 1. The summed E-state index contributed by atoms with van der Waals surface area (Å²) in [5.74, 6) is 0. The summed E-state index contributed by atoms with van der Waals surface area (Å²) in [5, 5.41) is 2.76. The number of thiazole rings is 1. The van der Waals surface area contributed by atoms with Crippen molar-refractivity contribution >= 4 is 40.6 Å². The molecule has 1 aliphatic carbocycles. The lowest BCUT2D eigenvalue weighted by Gasteiger charge is -2.16. The Balaban J connectivity index is 2.06. The number of primary amides is 1. The molecule has 0 saturated heterocycles. The molecule has 0 saturated carbocycles. The van der Waals surface area contributed by atoms with Crippen LogP contribution in [0, 0.1) is 0 Å². The smallest absolute Gasteiger partial charge is 0.312 e. The Labute approximate surface area is 118 Å². The number of rotatable bonds is 2. The van der Waals surface area contributed by atoms with Crippen molar-refractivity contribution < 1.29 is 4.79 Å². The van der Waals surface area contributed by atoms with Crippen LogP contribution in [-0.4, -0.2) is 11.0 Å². The highest BCUT2D eigenvalue weighted by molar-refractivity contribution is 7.16. The Morgan fingerprint density at radius 1 is 1.42 bits per heavy atom. The Kier molecular flexibility index (Phi) is 3.00. The summed E-state index contributed by atoms with van der Waals surface area (Å²) >= 11 is 7.25. The molecule has 19 heavy (non-hydrogen) atoms. The summed E-state index contributed by atoms with van der Waals surface area (Å²) in [6.45, 7) is 0. The maximum atomic E-state index is 11.2. The summed E-state index contributed by atoms with van der Waals surface area (Å²) in [6.07, 6.45) is 3.74. The first-order valence-electron chi connectivity index (χ1n) is 5.63. The van der Waals surface area contributed by atoms with E-state index in [0.29, 0.717) is 4.47 Å². The van der Waals surface area contributed by atoms with Crippen molar-refractivity contribution in [2.45, 2.75) is 6.04 Å². The van der Waals surface area contributed by atoms with E-state index in [-0.39, 0.29) is 6.04 Å². The number of benzene rings is 1. The predicted molar refractivity (Wildman–Crippen MR) is 76.9 cm³/mol. The molecule has 0 fully saturated rings. The fraction of sp³-hybridized carbons (Fsp3) is 0.0769. The molecule has 1 aliphatic rings. The van der Waals surface area contributed by atoms with Gasteiger partial charge in [-0.15, -0.1) is 11.3 Å². The van der Waals surface area contributed by atoms with E-state index in [2.05, 4.69) is 10.3 Å². The van der Waals surface area contributed by atoms with E-state index in [9.17, 15) is 4.79 Å². The molecule has 1 atom stereocenters. The minimum atomic E-state index is -0.553. The Morgan fingerprint density at radius 3 is 2.89 bits per heavy atom. The molecular formula is C13H10ClN3OS. The normalized spacial score (nSPS) is 16.9. The molecular weight excluding hydrogens is 282 g/mol. The molecule has 2 aromatic rings. The minimum absolute atomic E-state index is 0.245. The standard InChI is InChI=1S/C13H10ClN3OS/c14-12-16-6-10(19-12)9-5-7-3-1-2-4-8(7)11(9)17-13(15)18/h1-6,11H,(H3,15,17,18). The first-order valence-corrected chi connectivity index (χ1v) is 6.83. The molecule has 6 heteroatoms. The fourth-order valence-electron chi connectivity index (χ4n) is 2.22. The molecule has 2 amide bonds. The van der Waals surface area contributed by atoms with Crippen LogP contribution in [0.4, 0.5) is 4.79 Å². The van der Waals surface area contributed by atoms with E-state index in [4.69, 9.17) is 17.3 Å². The molecule has 1 aromatic carbocycles. The molecule has 4 nitrogen and oxygen atoms in total. The number of carbonyl (C=O) groups excluding carboxylic acids is 1. The molecule has 0 bridgehead atoms. The number of urea groups is 1. The van der Waals surface area contributed by atoms with Crippen LogP contribution in [0.2, 0.25) is 4.47 Å². The van der Waals surface area contributed by atoms with Gasteiger partial charge in [-0.05, 0) is 22.8 Å². The summed E-state index contributed by atoms with van der Waals surface area (Å²) in [4.78, 5) is 16.2. The molecule has 1 unspecified atom stereocenters. The third kappa shape index (κ3) is 2.22. The number of aromatic nitrogens is 1. The summed E-state index contributed by atoms with van der Waals surface area (Å²) < 4.78 is 0.477. The Morgan fingerprint density at radius 2 is 2.21 bits per heavy atom. The maximum Gasteiger partial charge on any atom is 0.312 e. The number of fused-ring (bicyclic) bond motifs is 1. The van der Waals surface area contributed by atoms with Gasteiger partial charge in [-0.1, -0.05) is 35.9 Å². The number of halogens is 1. The SMILES string of the molecule is NC(=O)NC1C(c2cnc(Cl)s2)=Cc2ccccc21. The lowest BCUT2D eigenvalue weighted by atomic mass is 10.0. The van der Waals surface area contributed by atoms with Gasteiger partial charge in [0.05, 0.1) is 10.9 Å². The quantitative estimate of drug-likeness (QED) is 0.893. The second-order valence-electron chi connectivity index (χ2n) is 4.15. The van der Waals surface area contributed by atoms with Crippen molar-refractivity contribution in [3.05, 3.63) is 50.9 Å². The highest BCUT2D eigenvalue weighted by atomic mass is 35.5. The zero-order chi connectivity index (χ0) is 13.4. The number of nitrogens with one attached hydrogen (secondary N) is 1.